The molecular formula is C62H76N6. The standard InChI is InChI=1S/C62H76N6/c1-6-24-52(50-30-21-22-31-51(41-50)61(64-43-47-26-12-9-13-27-47)67-59(63)48-28-14-7-8-15-29-48)42-62(4,5)44-65-60(66-46(3)54-34-23-20-25-45(54)2)49-37-39-56-55-35-18-11-19-36-57(55)68(58(56)40-38-49)53-32-16-10-17-33-53/h6,10-12,14,16,19-20,22-24,26,28-32,34,36-39,41,43-47,52,55,61H,7-9,13,15,17-18,21,25,27,33,35,40,42H2,1-5H3,(H2,63,67)/b24-6-,64-43?,65-44?,66-60?/t45-,46?,47-,52?,55?,61?/m0/s1. The summed E-state index contributed by atoms with van der Waals surface area (Å²) in [5, 5.41) is 0. The smallest absolute Gasteiger partial charge is 0.166 e. The number of amidine groups is 2. The molecule has 68 heavy (non-hydrogen) atoms. The van der Waals surface area contributed by atoms with E-state index in [1.165, 1.54) is 40.2 Å². The molecule has 0 saturated heterocycles. The maximum Gasteiger partial charge on any atom is 0.166 e. The van der Waals surface area contributed by atoms with Gasteiger partial charge in [-0.15, -0.1) is 0 Å². The van der Waals surface area contributed by atoms with Crippen molar-refractivity contribution in [2.75, 3.05) is 0 Å². The minimum atomic E-state index is -0.443. The molecule has 354 valence electrons. The van der Waals surface area contributed by atoms with Crippen LogP contribution in [0.4, 0.5) is 0 Å². The van der Waals surface area contributed by atoms with Crippen LogP contribution in [0.15, 0.2) is 210 Å². The molecule has 1 heterocycles. The average molecular weight is 905 g/mol. The van der Waals surface area contributed by atoms with Gasteiger partial charge in [0.1, 0.15) is 5.84 Å². The van der Waals surface area contributed by atoms with Crippen molar-refractivity contribution in [1.29, 1.82) is 0 Å². The Kier molecular flexibility index (Phi) is 16.7. The fourth-order valence-corrected chi connectivity index (χ4v) is 10.8. The maximum atomic E-state index is 6.80. The molecule has 0 spiro atoms. The zero-order valence-corrected chi connectivity index (χ0v) is 41.6. The van der Waals surface area contributed by atoms with E-state index in [1.807, 2.05) is 0 Å². The minimum Gasteiger partial charge on any atom is -0.383 e. The van der Waals surface area contributed by atoms with Gasteiger partial charge in [-0.3, -0.25) is 9.98 Å². The van der Waals surface area contributed by atoms with E-state index in [2.05, 4.69) is 192 Å². The molecule has 0 bridgehead atoms. The lowest BCUT2D eigenvalue weighted by Crippen LogP contribution is -2.21. The van der Waals surface area contributed by atoms with Crippen LogP contribution < -0.4 is 5.73 Å². The van der Waals surface area contributed by atoms with Gasteiger partial charge in [-0.2, -0.15) is 0 Å². The van der Waals surface area contributed by atoms with E-state index in [0.717, 1.165) is 106 Å². The molecular weight excluding hydrogens is 829 g/mol. The molecule has 1 aliphatic heterocycles. The Hall–Kier alpha value is -5.88. The van der Waals surface area contributed by atoms with Crippen molar-refractivity contribution in [3.05, 3.63) is 190 Å². The van der Waals surface area contributed by atoms with Gasteiger partial charge in [0.15, 0.2) is 12.0 Å². The average Bonchev–Trinajstić information content (AvgIpc) is 3.84. The molecule has 0 aromatic carbocycles. The van der Waals surface area contributed by atoms with Crippen LogP contribution in [-0.4, -0.2) is 41.2 Å². The van der Waals surface area contributed by atoms with Gasteiger partial charge in [-0.1, -0.05) is 148 Å². The zero-order chi connectivity index (χ0) is 47.3. The molecule has 6 atom stereocenters. The monoisotopic (exact) mass is 905 g/mol. The van der Waals surface area contributed by atoms with Crippen LogP contribution in [0.3, 0.4) is 0 Å². The highest BCUT2D eigenvalue weighted by Gasteiger charge is 2.37. The Morgan fingerprint density at radius 2 is 1.69 bits per heavy atom. The van der Waals surface area contributed by atoms with Crippen LogP contribution in [0.25, 0.3) is 0 Å². The van der Waals surface area contributed by atoms with Crippen LogP contribution >= 0.6 is 0 Å². The molecule has 0 radical (unpaired) electrons. The highest BCUT2D eigenvalue weighted by atomic mass is 15.2. The van der Waals surface area contributed by atoms with Crippen molar-refractivity contribution in [3.8, 4) is 0 Å². The van der Waals surface area contributed by atoms with E-state index in [9.17, 15) is 0 Å². The highest BCUT2D eigenvalue weighted by Crippen LogP contribution is 2.47. The van der Waals surface area contributed by atoms with E-state index in [0.29, 0.717) is 23.6 Å². The molecule has 0 aromatic heterocycles. The Balaban J connectivity index is 1.09. The van der Waals surface area contributed by atoms with E-state index in [-0.39, 0.29) is 17.4 Å². The normalized spacial score (nSPS) is 26.0. The van der Waals surface area contributed by atoms with E-state index < -0.39 is 6.17 Å². The lowest BCUT2D eigenvalue weighted by molar-refractivity contribution is 0.440. The van der Waals surface area contributed by atoms with Gasteiger partial charge in [0, 0.05) is 70.3 Å². The number of allylic oxidation sites excluding steroid dienone is 23. The first-order chi connectivity index (χ1) is 33.2. The van der Waals surface area contributed by atoms with Crippen LogP contribution in [0, 0.1) is 29.1 Å². The number of nitrogens with two attached hydrogens (primary N) is 1. The Bertz CT molecular complexity index is 2510. The first-order valence-electron chi connectivity index (χ1n) is 25.9. The summed E-state index contributed by atoms with van der Waals surface area (Å²) in [4.78, 5) is 23.9. The summed E-state index contributed by atoms with van der Waals surface area (Å²) in [7, 11) is 0. The van der Waals surface area contributed by atoms with Crippen LogP contribution in [0.2, 0.25) is 0 Å². The predicted octanol–water partition coefficient (Wildman–Crippen LogP) is 15.1. The number of hydrogen-bond donors (Lipinski definition) is 1. The highest BCUT2D eigenvalue weighted by molar-refractivity contribution is 6.05. The van der Waals surface area contributed by atoms with Gasteiger partial charge >= 0.3 is 0 Å². The number of aliphatic imine (C=N–C) groups is 4. The van der Waals surface area contributed by atoms with Crippen molar-refractivity contribution in [1.82, 2.24) is 4.90 Å². The summed E-state index contributed by atoms with van der Waals surface area (Å²) >= 11 is 0. The first-order valence-corrected chi connectivity index (χ1v) is 25.9. The molecule has 6 nitrogen and oxygen atoms in total. The fraction of sp³-hybridized carbons (Fsp3) is 0.419. The summed E-state index contributed by atoms with van der Waals surface area (Å²) in [6.45, 7) is 11.3. The number of fused-ring (bicyclic) bond motifs is 2. The minimum absolute atomic E-state index is 0.000000688. The van der Waals surface area contributed by atoms with Crippen molar-refractivity contribution >= 4 is 24.1 Å². The second kappa shape index (κ2) is 23.4. The summed E-state index contributed by atoms with van der Waals surface area (Å²) in [6.07, 6.45) is 70.8. The molecule has 0 aromatic rings. The Morgan fingerprint density at radius 3 is 2.51 bits per heavy atom. The Labute approximate surface area is 409 Å². The van der Waals surface area contributed by atoms with Crippen LogP contribution in [0.5, 0.6) is 0 Å². The molecule has 6 heteroatoms. The predicted molar refractivity (Wildman–Crippen MR) is 292 cm³/mol. The third-order valence-corrected chi connectivity index (χ3v) is 14.5. The second-order valence-corrected chi connectivity index (χ2v) is 20.3. The van der Waals surface area contributed by atoms with Crippen LogP contribution in [-0.2, 0) is 0 Å². The molecule has 0 fully saturated rings. The van der Waals surface area contributed by atoms with Gasteiger partial charge in [-0.25, -0.2) is 9.98 Å². The third-order valence-electron chi connectivity index (χ3n) is 14.5. The zero-order valence-electron chi connectivity index (χ0n) is 41.6. The summed E-state index contributed by atoms with van der Waals surface area (Å²) in [5.74, 6) is 2.63. The second-order valence-electron chi connectivity index (χ2n) is 20.3. The number of nitrogens with zero attached hydrogens (tertiary/aromatic N) is 5. The largest absolute Gasteiger partial charge is 0.383 e. The van der Waals surface area contributed by atoms with E-state index in [4.69, 9.17) is 25.7 Å². The van der Waals surface area contributed by atoms with Gasteiger partial charge in [-0.05, 0) is 138 Å². The topological polar surface area (TPSA) is 78.7 Å². The lowest BCUT2D eigenvalue weighted by Gasteiger charge is -2.29. The molecule has 0 amide bonds. The molecule has 0 saturated carbocycles. The van der Waals surface area contributed by atoms with Crippen molar-refractivity contribution < 1.29 is 0 Å². The van der Waals surface area contributed by atoms with Gasteiger partial charge < -0.3 is 10.6 Å². The molecule has 4 unspecified atom stereocenters. The molecule has 2 N–H and O–H groups in total. The van der Waals surface area contributed by atoms with Crippen molar-refractivity contribution in [3.63, 3.8) is 0 Å². The number of hydrogen-bond acceptors (Lipinski definition) is 4. The summed E-state index contributed by atoms with van der Waals surface area (Å²) in [6, 6.07) is 0.000000688. The van der Waals surface area contributed by atoms with Gasteiger partial charge in [0.2, 0.25) is 0 Å². The quantitative estimate of drug-likeness (QED) is 0.107. The summed E-state index contributed by atoms with van der Waals surface area (Å²) in [5.41, 5.74) is 17.9. The lowest BCUT2D eigenvalue weighted by atomic mass is 9.79. The molecule has 7 aliphatic carbocycles. The third kappa shape index (κ3) is 12.4. The SMILES string of the molecule is C/C=C\C(CC(C)(C)C=NC(=NC(C)C1=CC=CC[C@@H]1C)C1=CCC2=C(C=C1)C1CCC=CC=C1N2C1=CC=CCC1)C1=CCC=CC(C(N=C[C@H]2C=CCCC2)N=C(N)C2=CCCCC=C2)=C1. The Morgan fingerprint density at radius 1 is 0.838 bits per heavy atom. The number of rotatable bonds is 14. The van der Waals surface area contributed by atoms with Crippen molar-refractivity contribution in [2.24, 2.45) is 54.8 Å². The van der Waals surface area contributed by atoms with E-state index >= 15 is 0 Å². The molecule has 8 aliphatic rings. The molecule has 8 rings (SSSR count). The fourth-order valence-electron chi connectivity index (χ4n) is 10.8. The summed E-state index contributed by atoms with van der Waals surface area (Å²) < 4.78 is 0. The van der Waals surface area contributed by atoms with E-state index in [1.54, 1.807) is 0 Å². The van der Waals surface area contributed by atoms with Gasteiger partial charge in [0.25, 0.3) is 0 Å². The first kappa shape index (κ1) is 48.6. The van der Waals surface area contributed by atoms with Gasteiger partial charge in [0.05, 0.1) is 6.04 Å². The van der Waals surface area contributed by atoms with Crippen LogP contribution in [0.1, 0.15) is 125 Å². The maximum absolute atomic E-state index is 6.80. The van der Waals surface area contributed by atoms with Crippen molar-refractivity contribution in [2.45, 2.75) is 137 Å².